The minimum Gasteiger partial charge on any atom is -0.477 e. The molecule has 2 heterocycles. The molecule has 2 N–H and O–H groups in total. The molecule has 0 saturated carbocycles. The largest absolute Gasteiger partial charge is 0.477 e. The third-order valence-corrected chi connectivity index (χ3v) is 4.26. The first kappa shape index (κ1) is 18.7. The number of aromatic nitrogens is 3. The summed E-state index contributed by atoms with van der Waals surface area (Å²) < 4.78 is 6.63. The van der Waals surface area contributed by atoms with E-state index in [4.69, 9.17) is 21.4 Å². The summed E-state index contributed by atoms with van der Waals surface area (Å²) in [5, 5.41) is 12.2. The van der Waals surface area contributed by atoms with Gasteiger partial charge in [-0.25, -0.2) is 19.6 Å². The number of nitrogens with zero attached hydrogens (tertiary/aromatic N) is 3. The molecule has 0 bridgehead atoms. The van der Waals surface area contributed by atoms with E-state index < -0.39 is 12.1 Å². The number of halogens is 1. The van der Waals surface area contributed by atoms with Crippen molar-refractivity contribution in [2.75, 3.05) is 11.9 Å². The summed E-state index contributed by atoms with van der Waals surface area (Å²) in [6, 6.07) is 8.16. The van der Waals surface area contributed by atoms with Crippen LogP contribution in [0.4, 0.5) is 10.5 Å². The standard InChI is InChI=1S/C18H17ClN4O4/c1-3-27-18(26)21-12-5-4-11(13(19)8-12)9-23-10(2)20-14-6-7-15(17(24)25)22-16(14)23/h4-8H,3,9H2,1-2H3,(H,21,26)(H,24,25). The number of hydrogen-bond acceptors (Lipinski definition) is 5. The van der Waals surface area contributed by atoms with Gasteiger partial charge in [0.25, 0.3) is 0 Å². The number of nitrogens with one attached hydrogen (secondary N) is 1. The number of ether oxygens (including phenoxy) is 1. The van der Waals surface area contributed by atoms with Crippen LogP contribution in [0.25, 0.3) is 11.2 Å². The maximum absolute atomic E-state index is 11.5. The van der Waals surface area contributed by atoms with Crippen molar-refractivity contribution in [3.63, 3.8) is 0 Å². The zero-order valence-corrected chi connectivity index (χ0v) is 15.4. The lowest BCUT2D eigenvalue weighted by Gasteiger charge is -2.11. The van der Waals surface area contributed by atoms with Crippen LogP contribution in [0.2, 0.25) is 5.02 Å². The number of rotatable bonds is 5. The van der Waals surface area contributed by atoms with E-state index >= 15 is 0 Å². The highest BCUT2D eigenvalue weighted by Gasteiger charge is 2.14. The Hall–Kier alpha value is -3.13. The first-order valence-electron chi connectivity index (χ1n) is 8.18. The quantitative estimate of drug-likeness (QED) is 0.690. The Kier molecular flexibility index (Phi) is 5.27. The van der Waals surface area contributed by atoms with E-state index in [2.05, 4.69) is 15.3 Å². The van der Waals surface area contributed by atoms with Crippen molar-refractivity contribution < 1.29 is 19.4 Å². The molecule has 0 saturated heterocycles. The number of carbonyl (C=O) groups excluding carboxylic acids is 1. The molecule has 140 valence electrons. The summed E-state index contributed by atoms with van der Waals surface area (Å²) in [6.07, 6.45) is -0.553. The first-order chi connectivity index (χ1) is 12.9. The maximum Gasteiger partial charge on any atom is 0.411 e. The van der Waals surface area contributed by atoms with Gasteiger partial charge >= 0.3 is 12.1 Å². The van der Waals surface area contributed by atoms with E-state index in [0.29, 0.717) is 34.2 Å². The van der Waals surface area contributed by atoms with Gasteiger partial charge < -0.3 is 14.4 Å². The molecule has 0 spiro atoms. The summed E-state index contributed by atoms with van der Waals surface area (Å²) in [4.78, 5) is 31.3. The number of carbonyl (C=O) groups is 2. The Bertz CT molecular complexity index is 1030. The van der Waals surface area contributed by atoms with Crippen molar-refractivity contribution in [1.82, 2.24) is 14.5 Å². The second-order valence-corrected chi connectivity index (χ2v) is 6.15. The van der Waals surface area contributed by atoms with Gasteiger partial charge in [-0.1, -0.05) is 17.7 Å². The van der Waals surface area contributed by atoms with Crippen LogP contribution in [-0.4, -0.2) is 38.3 Å². The summed E-state index contributed by atoms with van der Waals surface area (Å²) in [7, 11) is 0. The van der Waals surface area contributed by atoms with Crippen LogP contribution in [0.1, 0.15) is 28.8 Å². The molecule has 8 nitrogen and oxygen atoms in total. The zero-order valence-electron chi connectivity index (χ0n) is 14.7. The molecule has 1 amide bonds. The van der Waals surface area contributed by atoms with E-state index in [-0.39, 0.29) is 12.3 Å². The highest BCUT2D eigenvalue weighted by Crippen LogP contribution is 2.24. The van der Waals surface area contributed by atoms with E-state index in [1.54, 1.807) is 35.8 Å². The smallest absolute Gasteiger partial charge is 0.411 e. The molecule has 0 fully saturated rings. The van der Waals surface area contributed by atoms with Gasteiger partial charge in [0.05, 0.1) is 13.2 Å². The molecule has 0 atom stereocenters. The third kappa shape index (κ3) is 4.01. The predicted molar refractivity (Wildman–Crippen MR) is 100 cm³/mol. The number of fused-ring (bicyclic) bond motifs is 1. The maximum atomic E-state index is 11.5. The van der Waals surface area contributed by atoms with Gasteiger partial charge in [-0.3, -0.25) is 5.32 Å². The number of carboxylic acids is 1. The molecule has 3 rings (SSSR count). The second kappa shape index (κ2) is 7.63. The Morgan fingerprint density at radius 3 is 2.70 bits per heavy atom. The molecule has 0 aliphatic rings. The van der Waals surface area contributed by atoms with Gasteiger partial charge in [-0.05, 0) is 43.7 Å². The SMILES string of the molecule is CCOC(=O)Nc1ccc(Cn2c(C)nc3ccc(C(=O)O)nc32)c(Cl)c1. The van der Waals surface area contributed by atoms with Gasteiger partial charge in [-0.15, -0.1) is 0 Å². The highest BCUT2D eigenvalue weighted by atomic mass is 35.5. The lowest BCUT2D eigenvalue weighted by atomic mass is 10.2. The van der Waals surface area contributed by atoms with Gasteiger partial charge in [0.1, 0.15) is 11.3 Å². The van der Waals surface area contributed by atoms with Crippen molar-refractivity contribution in [3.8, 4) is 0 Å². The zero-order chi connectivity index (χ0) is 19.6. The summed E-state index contributed by atoms with van der Waals surface area (Å²) in [6.45, 7) is 4.16. The molecule has 0 radical (unpaired) electrons. The Balaban J connectivity index is 1.91. The molecule has 0 unspecified atom stereocenters. The van der Waals surface area contributed by atoms with Gasteiger partial charge in [0.2, 0.25) is 0 Å². The minimum absolute atomic E-state index is 0.0521. The second-order valence-electron chi connectivity index (χ2n) is 5.74. The number of aryl methyl sites for hydroxylation is 1. The molecular formula is C18H17ClN4O4. The number of aromatic carboxylic acids is 1. The molecule has 27 heavy (non-hydrogen) atoms. The van der Waals surface area contributed by atoms with Crippen LogP contribution < -0.4 is 5.32 Å². The lowest BCUT2D eigenvalue weighted by molar-refractivity contribution is 0.0690. The van der Waals surface area contributed by atoms with Crippen LogP contribution in [0, 0.1) is 6.92 Å². The number of hydrogen-bond donors (Lipinski definition) is 2. The van der Waals surface area contributed by atoms with Gasteiger partial charge in [-0.2, -0.15) is 0 Å². The average Bonchev–Trinajstić information content (AvgIpc) is 2.92. The van der Waals surface area contributed by atoms with Crippen LogP contribution in [0.5, 0.6) is 0 Å². The van der Waals surface area contributed by atoms with Crippen LogP contribution >= 0.6 is 11.6 Å². The third-order valence-electron chi connectivity index (χ3n) is 3.91. The van der Waals surface area contributed by atoms with E-state index in [1.165, 1.54) is 6.07 Å². The molecular weight excluding hydrogens is 372 g/mol. The van der Waals surface area contributed by atoms with Crippen LogP contribution in [0.3, 0.4) is 0 Å². The predicted octanol–water partition coefficient (Wildman–Crippen LogP) is 3.71. The van der Waals surface area contributed by atoms with Crippen molar-refractivity contribution in [1.29, 1.82) is 0 Å². The molecule has 0 aliphatic heterocycles. The lowest BCUT2D eigenvalue weighted by Crippen LogP contribution is -2.13. The Labute approximate surface area is 159 Å². The molecule has 1 aromatic carbocycles. The highest BCUT2D eigenvalue weighted by molar-refractivity contribution is 6.31. The molecule has 9 heteroatoms. The summed E-state index contributed by atoms with van der Waals surface area (Å²) in [5.41, 5.74) is 2.31. The monoisotopic (exact) mass is 388 g/mol. The van der Waals surface area contributed by atoms with E-state index in [0.717, 1.165) is 5.56 Å². The molecule has 2 aromatic heterocycles. The topological polar surface area (TPSA) is 106 Å². The summed E-state index contributed by atoms with van der Waals surface area (Å²) >= 11 is 6.35. The van der Waals surface area contributed by atoms with E-state index in [9.17, 15) is 9.59 Å². The number of imidazole rings is 1. The van der Waals surface area contributed by atoms with Crippen molar-refractivity contribution in [2.24, 2.45) is 0 Å². The Morgan fingerprint density at radius 2 is 2.04 bits per heavy atom. The average molecular weight is 389 g/mol. The van der Waals surface area contributed by atoms with E-state index in [1.807, 2.05) is 6.92 Å². The fourth-order valence-electron chi connectivity index (χ4n) is 2.63. The number of anilines is 1. The Morgan fingerprint density at radius 1 is 1.26 bits per heavy atom. The number of pyridine rings is 1. The van der Waals surface area contributed by atoms with Crippen LogP contribution in [-0.2, 0) is 11.3 Å². The molecule has 3 aromatic rings. The van der Waals surface area contributed by atoms with Crippen LogP contribution in [0.15, 0.2) is 30.3 Å². The minimum atomic E-state index is -1.10. The summed E-state index contributed by atoms with van der Waals surface area (Å²) in [5.74, 6) is -0.417. The number of amides is 1. The van der Waals surface area contributed by atoms with Gasteiger partial charge in [0, 0.05) is 10.7 Å². The number of carboxylic acid groups (broad SMARTS) is 1. The van der Waals surface area contributed by atoms with Crippen molar-refractivity contribution in [3.05, 3.63) is 52.4 Å². The normalized spacial score (nSPS) is 10.8. The number of benzene rings is 1. The fraction of sp³-hybridized carbons (Fsp3) is 0.222. The van der Waals surface area contributed by atoms with Crippen molar-refractivity contribution >= 4 is 40.5 Å². The molecule has 0 aliphatic carbocycles. The fourth-order valence-corrected chi connectivity index (χ4v) is 2.87. The van der Waals surface area contributed by atoms with Crippen molar-refractivity contribution in [2.45, 2.75) is 20.4 Å². The van der Waals surface area contributed by atoms with Gasteiger partial charge in [0.15, 0.2) is 11.3 Å². The first-order valence-corrected chi connectivity index (χ1v) is 8.56.